The van der Waals surface area contributed by atoms with E-state index < -0.39 is 0 Å². The van der Waals surface area contributed by atoms with Crippen molar-refractivity contribution in [3.8, 4) is 11.3 Å². The maximum absolute atomic E-state index is 4.18. The fraction of sp³-hybridized carbons (Fsp3) is 0.400. The molecule has 0 unspecified atom stereocenters. The molecule has 3 heteroatoms. The second kappa shape index (κ2) is 5.36. The van der Waals surface area contributed by atoms with Gasteiger partial charge in [0.15, 0.2) is 0 Å². The number of hydrogen-bond donors (Lipinski definition) is 2. The molecule has 94 valence electrons. The van der Waals surface area contributed by atoms with Crippen LogP contribution in [0.25, 0.3) is 11.3 Å². The van der Waals surface area contributed by atoms with Crippen LogP contribution < -0.4 is 5.32 Å². The fourth-order valence-corrected chi connectivity index (χ4v) is 2.68. The Morgan fingerprint density at radius 1 is 1.17 bits per heavy atom. The first kappa shape index (κ1) is 11.5. The molecule has 0 amide bonds. The minimum Gasteiger partial charge on any atom is -0.310 e. The van der Waals surface area contributed by atoms with E-state index in [2.05, 4.69) is 39.8 Å². The van der Waals surface area contributed by atoms with Crippen LogP contribution in [0.15, 0.2) is 36.5 Å². The molecule has 3 rings (SSSR count). The number of hydrogen-bond acceptors (Lipinski definition) is 2. The summed E-state index contributed by atoms with van der Waals surface area (Å²) in [5.74, 6) is 0. The molecule has 0 spiro atoms. The molecule has 0 atom stereocenters. The lowest BCUT2D eigenvalue weighted by atomic mass is 10.1. The Morgan fingerprint density at radius 3 is 2.72 bits per heavy atom. The first-order chi connectivity index (χ1) is 8.93. The fourth-order valence-electron chi connectivity index (χ4n) is 2.68. The summed E-state index contributed by atoms with van der Waals surface area (Å²) in [4.78, 5) is 0. The van der Waals surface area contributed by atoms with Gasteiger partial charge in [0, 0.05) is 18.2 Å². The van der Waals surface area contributed by atoms with Crippen molar-refractivity contribution in [3.63, 3.8) is 0 Å². The molecule has 0 radical (unpaired) electrons. The number of benzene rings is 1. The molecular formula is C15H19N3. The van der Waals surface area contributed by atoms with Crippen LogP contribution in [-0.4, -0.2) is 16.2 Å². The molecule has 1 fully saturated rings. The van der Waals surface area contributed by atoms with Gasteiger partial charge in [-0.25, -0.2) is 0 Å². The Morgan fingerprint density at radius 2 is 1.94 bits per heavy atom. The third-order valence-electron chi connectivity index (χ3n) is 3.72. The SMILES string of the molecule is c1ccc(-c2[nH]ncc2CNC2CCCC2)cc1. The van der Waals surface area contributed by atoms with Crippen molar-refractivity contribution < 1.29 is 0 Å². The highest BCUT2D eigenvalue weighted by Crippen LogP contribution is 2.22. The van der Waals surface area contributed by atoms with Gasteiger partial charge in [-0.05, 0) is 18.4 Å². The van der Waals surface area contributed by atoms with E-state index in [4.69, 9.17) is 0 Å². The molecular weight excluding hydrogens is 222 g/mol. The van der Waals surface area contributed by atoms with E-state index in [0.29, 0.717) is 6.04 Å². The summed E-state index contributed by atoms with van der Waals surface area (Å²) in [7, 11) is 0. The number of H-pyrrole nitrogens is 1. The molecule has 1 aliphatic rings. The molecule has 0 aliphatic heterocycles. The van der Waals surface area contributed by atoms with Crippen LogP contribution in [0.2, 0.25) is 0 Å². The maximum Gasteiger partial charge on any atom is 0.0695 e. The molecule has 3 nitrogen and oxygen atoms in total. The summed E-state index contributed by atoms with van der Waals surface area (Å²) in [6, 6.07) is 11.1. The monoisotopic (exact) mass is 241 g/mol. The van der Waals surface area contributed by atoms with Gasteiger partial charge in [0.25, 0.3) is 0 Å². The van der Waals surface area contributed by atoms with Crippen LogP contribution >= 0.6 is 0 Å². The Hall–Kier alpha value is -1.61. The normalized spacial score (nSPS) is 16.2. The van der Waals surface area contributed by atoms with Crippen molar-refractivity contribution in [1.29, 1.82) is 0 Å². The molecule has 18 heavy (non-hydrogen) atoms. The molecule has 1 aliphatic carbocycles. The summed E-state index contributed by atoms with van der Waals surface area (Å²) in [6.07, 6.45) is 7.31. The summed E-state index contributed by atoms with van der Waals surface area (Å²) in [5, 5.41) is 10.9. The second-order valence-electron chi connectivity index (χ2n) is 5.00. The summed E-state index contributed by atoms with van der Waals surface area (Å²) in [5.41, 5.74) is 3.60. The van der Waals surface area contributed by atoms with Crippen LogP contribution in [0, 0.1) is 0 Å². The number of nitrogens with zero attached hydrogens (tertiary/aromatic N) is 1. The van der Waals surface area contributed by atoms with Gasteiger partial charge >= 0.3 is 0 Å². The van der Waals surface area contributed by atoms with E-state index in [-0.39, 0.29) is 0 Å². The minimum absolute atomic E-state index is 0.698. The van der Waals surface area contributed by atoms with E-state index >= 15 is 0 Å². The van der Waals surface area contributed by atoms with Gasteiger partial charge in [-0.15, -0.1) is 0 Å². The highest BCUT2D eigenvalue weighted by molar-refractivity contribution is 5.62. The molecule has 1 aromatic carbocycles. The van der Waals surface area contributed by atoms with E-state index in [1.807, 2.05) is 12.3 Å². The molecule has 2 aromatic rings. The lowest BCUT2D eigenvalue weighted by Crippen LogP contribution is -2.25. The third kappa shape index (κ3) is 2.46. The highest BCUT2D eigenvalue weighted by Gasteiger charge is 2.15. The Bertz CT molecular complexity index is 483. The zero-order valence-electron chi connectivity index (χ0n) is 10.5. The van der Waals surface area contributed by atoms with Crippen molar-refractivity contribution in [2.45, 2.75) is 38.3 Å². The molecule has 2 N–H and O–H groups in total. The lowest BCUT2D eigenvalue weighted by Gasteiger charge is -2.11. The van der Waals surface area contributed by atoms with E-state index in [1.54, 1.807) is 0 Å². The van der Waals surface area contributed by atoms with Gasteiger partial charge in [0.1, 0.15) is 0 Å². The molecule has 1 saturated carbocycles. The van der Waals surface area contributed by atoms with Gasteiger partial charge < -0.3 is 5.32 Å². The predicted molar refractivity (Wildman–Crippen MR) is 73.1 cm³/mol. The molecule has 1 heterocycles. The average molecular weight is 241 g/mol. The first-order valence-corrected chi connectivity index (χ1v) is 6.74. The number of aromatic nitrogens is 2. The van der Waals surface area contributed by atoms with Crippen LogP contribution in [-0.2, 0) is 6.54 Å². The summed E-state index contributed by atoms with van der Waals surface area (Å²) < 4.78 is 0. The van der Waals surface area contributed by atoms with Gasteiger partial charge in [0.2, 0.25) is 0 Å². The van der Waals surface area contributed by atoms with E-state index in [9.17, 15) is 0 Å². The minimum atomic E-state index is 0.698. The molecule has 1 aromatic heterocycles. The quantitative estimate of drug-likeness (QED) is 0.863. The topological polar surface area (TPSA) is 40.7 Å². The first-order valence-electron chi connectivity index (χ1n) is 6.74. The number of rotatable bonds is 4. The highest BCUT2D eigenvalue weighted by atomic mass is 15.1. The Labute approximate surface area is 108 Å². The summed E-state index contributed by atoms with van der Waals surface area (Å²) in [6.45, 7) is 0.908. The average Bonchev–Trinajstić information content (AvgIpc) is 3.09. The van der Waals surface area contributed by atoms with Crippen molar-refractivity contribution in [3.05, 3.63) is 42.1 Å². The number of nitrogens with one attached hydrogen (secondary N) is 2. The van der Waals surface area contributed by atoms with Crippen molar-refractivity contribution in [2.75, 3.05) is 0 Å². The van der Waals surface area contributed by atoms with Gasteiger partial charge in [0.05, 0.1) is 11.9 Å². The largest absolute Gasteiger partial charge is 0.310 e. The molecule has 0 saturated heterocycles. The van der Waals surface area contributed by atoms with Crippen LogP contribution in [0.1, 0.15) is 31.2 Å². The van der Waals surface area contributed by atoms with Crippen LogP contribution in [0.5, 0.6) is 0 Å². The maximum atomic E-state index is 4.18. The molecule has 0 bridgehead atoms. The third-order valence-corrected chi connectivity index (χ3v) is 3.72. The van der Waals surface area contributed by atoms with E-state index in [1.165, 1.54) is 36.8 Å². The summed E-state index contributed by atoms with van der Waals surface area (Å²) >= 11 is 0. The van der Waals surface area contributed by atoms with E-state index in [0.717, 1.165) is 12.2 Å². The van der Waals surface area contributed by atoms with Crippen LogP contribution in [0.3, 0.4) is 0 Å². The van der Waals surface area contributed by atoms with Crippen LogP contribution in [0.4, 0.5) is 0 Å². The zero-order chi connectivity index (χ0) is 12.2. The lowest BCUT2D eigenvalue weighted by molar-refractivity contribution is 0.525. The predicted octanol–water partition coefficient (Wildman–Crippen LogP) is 3.11. The van der Waals surface area contributed by atoms with Gasteiger partial charge in [-0.2, -0.15) is 5.10 Å². The van der Waals surface area contributed by atoms with Crippen molar-refractivity contribution in [1.82, 2.24) is 15.5 Å². The number of aromatic amines is 1. The zero-order valence-corrected chi connectivity index (χ0v) is 10.5. The standard InChI is InChI=1S/C15H19N3/c1-2-6-12(7-3-1)15-13(11-17-18-15)10-16-14-8-4-5-9-14/h1-3,6-7,11,14,16H,4-5,8-10H2,(H,17,18). The smallest absolute Gasteiger partial charge is 0.0695 e. The van der Waals surface area contributed by atoms with Gasteiger partial charge in [-0.3, -0.25) is 5.10 Å². The Kier molecular flexibility index (Phi) is 3.42. The second-order valence-corrected chi connectivity index (χ2v) is 5.00. The van der Waals surface area contributed by atoms with Crippen molar-refractivity contribution in [2.24, 2.45) is 0 Å². The van der Waals surface area contributed by atoms with Crippen molar-refractivity contribution >= 4 is 0 Å². The van der Waals surface area contributed by atoms with Gasteiger partial charge in [-0.1, -0.05) is 43.2 Å². The Balaban J connectivity index is 1.71.